The summed E-state index contributed by atoms with van der Waals surface area (Å²) in [5.74, 6) is 2.03. The number of anilines is 1. The van der Waals surface area contributed by atoms with E-state index in [0.29, 0.717) is 50.2 Å². The van der Waals surface area contributed by atoms with Gasteiger partial charge in [0.25, 0.3) is 5.95 Å². The molecule has 2 aromatic rings. The highest BCUT2D eigenvalue weighted by Gasteiger charge is 2.27. The molecule has 0 atom stereocenters. The summed E-state index contributed by atoms with van der Waals surface area (Å²) in [7, 11) is 0. The van der Waals surface area contributed by atoms with Crippen LogP contribution in [0.15, 0.2) is 9.05 Å². The summed E-state index contributed by atoms with van der Waals surface area (Å²) in [6.45, 7) is 12.5. The fraction of sp³-hybridized carbons (Fsp3) is 0.647. The van der Waals surface area contributed by atoms with E-state index in [2.05, 4.69) is 20.2 Å². The molecule has 0 bridgehead atoms. The molecule has 0 radical (unpaired) electrons. The molecular formula is C17H25N5O3. The summed E-state index contributed by atoms with van der Waals surface area (Å²) < 4.78 is 10.5. The van der Waals surface area contributed by atoms with Gasteiger partial charge < -0.3 is 18.8 Å². The average molecular weight is 347 g/mol. The van der Waals surface area contributed by atoms with Crippen LogP contribution in [0.2, 0.25) is 0 Å². The first-order valence-corrected chi connectivity index (χ1v) is 8.54. The minimum absolute atomic E-state index is 0.0949. The van der Waals surface area contributed by atoms with E-state index < -0.39 is 0 Å². The summed E-state index contributed by atoms with van der Waals surface area (Å²) in [6, 6.07) is 0. The third-order valence-electron chi connectivity index (χ3n) is 4.48. The van der Waals surface area contributed by atoms with E-state index in [1.54, 1.807) is 0 Å². The highest BCUT2D eigenvalue weighted by atomic mass is 16.5. The molecule has 1 fully saturated rings. The molecule has 3 heterocycles. The van der Waals surface area contributed by atoms with Gasteiger partial charge in [-0.3, -0.25) is 4.79 Å². The second-order valence-electron chi connectivity index (χ2n) is 7.50. The van der Waals surface area contributed by atoms with Crippen molar-refractivity contribution in [1.29, 1.82) is 0 Å². The number of piperazine rings is 1. The maximum Gasteiger partial charge on any atom is 0.266 e. The van der Waals surface area contributed by atoms with Crippen LogP contribution in [0.3, 0.4) is 0 Å². The summed E-state index contributed by atoms with van der Waals surface area (Å²) in [4.78, 5) is 20.9. The van der Waals surface area contributed by atoms with Gasteiger partial charge in [0.1, 0.15) is 5.76 Å². The highest BCUT2D eigenvalue weighted by Crippen LogP contribution is 2.23. The van der Waals surface area contributed by atoms with E-state index in [-0.39, 0.29) is 11.3 Å². The lowest BCUT2D eigenvalue weighted by Crippen LogP contribution is -2.49. The molecule has 136 valence electrons. The first kappa shape index (κ1) is 17.4. The monoisotopic (exact) mass is 347 g/mol. The Morgan fingerprint density at radius 3 is 2.28 bits per heavy atom. The van der Waals surface area contributed by atoms with Crippen molar-refractivity contribution in [3.8, 4) is 0 Å². The molecule has 2 aromatic heterocycles. The quantitative estimate of drug-likeness (QED) is 0.837. The van der Waals surface area contributed by atoms with Crippen LogP contribution < -0.4 is 4.90 Å². The van der Waals surface area contributed by atoms with Crippen molar-refractivity contribution in [3.05, 3.63) is 22.9 Å². The van der Waals surface area contributed by atoms with Gasteiger partial charge in [-0.2, -0.15) is 4.98 Å². The van der Waals surface area contributed by atoms with Crippen LogP contribution in [-0.4, -0.2) is 52.3 Å². The zero-order chi connectivity index (χ0) is 18.2. The number of hydrogen-bond acceptors (Lipinski definition) is 7. The Bertz CT molecular complexity index is 731. The van der Waals surface area contributed by atoms with E-state index in [4.69, 9.17) is 9.05 Å². The molecule has 0 saturated carbocycles. The lowest BCUT2D eigenvalue weighted by Gasteiger charge is -2.34. The summed E-state index contributed by atoms with van der Waals surface area (Å²) >= 11 is 0. The van der Waals surface area contributed by atoms with Crippen molar-refractivity contribution in [3.63, 3.8) is 0 Å². The van der Waals surface area contributed by atoms with Gasteiger partial charge >= 0.3 is 0 Å². The van der Waals surface area contributed by atoms with Crippen molar-refractivity contribution in [2.24, 2.45) is 0 Å². The van der Waals surface area contributed by atoms with E-state index in [9.17, 15) is 4.79 Å². The van der Waals surface area contributed by atoms with Gasteiger partial charge in [-0.05, 0) is 19.0 Å². The smallest absolute Gasteiger partial charge is 0.266 e. The minimum Gasteiger partial charge on any atom is -0.361 e. The van der Waals surface area contributed by atoms with E-state index in [1.165, 1.54) is 0 Å². The molecule has 0 aromatic carbocycles. The van der Waals surface area contributed by atoms with Gasteiger partial charge in [-0.1, -0.05) is 25.9 Å². The van der Waals surface area contributed by atoms with Crippen LogP contribution in [0.25, 0.3) is 0 Å². The second kappa shape index (κ2) is 6.50. The zero-order valence-corrected chi connectivity index (χ0v) is 15.5. The summed E-state index contributed by atoms with van der Waals surface area (Å²) in [5, 5.41) is 7.98. The van der Waals surface area contributed by atoms with Crippen LogP contribution in [0.5, 0.6) is 0 Å². The molecule has 0 spiro atoms. The van der Waals surface area contributed by atoms with Gasteiger partial charge in [0.2, 0.25) is 11.8 Å². The van der Waals surface area contributed by atoms with Gasteiger partial charge in [-0.15, -0.1) is 0 Å². The molecule has 0 unspecified atom stereocenters. The normalized spacial score (nSPS) is 15.7. The Morgan fingerprint density at radius 2 is 1.76 bits per heavy atom. The number of aromatic nitrogens is 3. The molecule has 0 aliphatic carbocycles. The molecule has 25 heavy (non-hydrogen) atoms. The number of nitrogens with zero attached hydrogens (tertiary/aromatic N) is 5. The largest absolute Gasteiger partial charge is 0.361 e. The Labute approximate surface area is 147 Å². The number of rotatable bonds is 3. The Kier molecular flexibility index (Phi) is 4.53. The number of carbonyl (C=O) groups excluding carboxylic acids is 1. The maximum absolute atomic E-state index is 12.5. The highest BCUT2D eigenvalue weighted by molar-refractivity contribution is 5.79. The van der Waals surface area contributed by atoms with E-state index >= 15 is 0 Å². The van der Waals surface area contributed by atoms with Gasteiger partial charge in [0.05, 0.1) is 12.1 Å². The molecule has 8 heteroatoms. The van der Waals surface area contributed by atoms with Crippen molar-refractivity contribution in [2.75, 3.05) is 31.1 Å². The van der Waals surface area contributed by atoms with Crippen molar-refractivity contribution >= 4 is 11.9 Å². The Hall–Kier alpha value is -2.38. The van der Waals surface area contributed by atoms with Gasteiger partial charge in [0, 0.05) is 37.2 Å². The predicted octanol–water partition coefficient (Wildman–Crippen LogP) is 1.86. The molecular weight excluding hydrogens is 322 g/mol. The fourth-order valence-corrected chi connectivity index (χ4v) is 2.82. The summed E-state index contributed by atoms with van der Waals surface area (Å²) in [6.07, 6.45) is 0.331. The third kappa shape index (κ3) is 3.67. The molecule has 3 rings (SSSR count). The lowest BCUT2D eigenvalue weighted by atomic mass is 9.97. The maximum atomic E-state index is 12.5. The standard InChI is InChI=1S/C17H25N5O3/c1-11-13(12(2)24-19-11)10-14(23)21-6-8-22(9-7-21)16-18-15(25-20-16)17(3,4)5/h6-10H2,1-5H3. The van der Waals surface area contributed by atoms with Crippen LogP contribution in [0, 0.1) is 13.8 Å². The summed E-state index contributed by atoms with van der Waals surface area (Å²) in [5.41, 5.74) is 1.50. The molecule has 1 aliphatic heterocycles. The van der Waals surface area contributed by atoms with Crippen LogP contribution in [-0.2, 0) is 16.6 Å². The first-order valence-electron chi connectivity index (χ1n) is 8.54. The predicted molar refractivity (Wildman–Crippen MR) is 91.5 cm³/mol. The van der Waals surface area contributed by atoms with E-state index in [0.717, 1.165) is 11.3 Å². The van der Waals surface area contributed by atoms with Gasteiger partial charge in [-0.25, -0.2) is 0 Å². The molecule has 1 aliphatic rings. The number of aryl methyl sites for hydroxylation is 2. The van der Waals surface area contributed by atoms with Crippen LogP contribution in [0.4, 0.5) is 5.95 Å². The Balaban J connectivity index is 1.58. The van der Waals surface area contributed by atoms with Crippen LogP contribution in [0.1, 0.15) is 43.7 Å². The number of amides is 1. The topological polar surface area (TPSA) is 88.5 Å². The van der Waals surface area contributed by atoms with E-state index in [1.807, 2.05) is 39.5 Å². The van der Waals surface area contributed by atoms with Crippen LogP contribution >= 0.6 is 0 Å². The number of carbonyl (C=O) groups is 1. The lowest BCUT2D eigenvalue weighted by molar-refractivity contribution is -0.130. The SMILES string of the molecule is Cc1noc(C)c1CC(=O)N1CCN(c2noc(C(C)(C)C)n2)CC1. The molecule has 8 nitrogen and oxygen atoms in total. The second-order valence-corrected chi connectivity index (χ2v) is 7.50. The van der Waals surface area contributed by atoms with Crippen molar-refractivity contribution in [2.45, 2.75) is 46.5 Å². The van der Waals surface area contributed by atoms with Crippen molar-refractivity contribution < 1.29 is 13.8 Å². The first-order chi connectivity index (χ1) is 11.8. The molecule has 1 amide bonds. The molecule has 0 N–H and O–H groups in total. The third-order valence-corrected chi connectivity index (χ3v) is 4.48. The van der Waals surface area contributed by atoms with Crippen molar-refractivity contribution in [1.82, 2.24) is 20.2 Å². The molecule has 1 saturated heterocycles. The average Bonchev–Trinajstić information content (AvgIpc) is 3.17. The fourth-order valence-electron chi connectivity index (χ4n) is 2.82. The minimum atomic E-state index is -0.169. The van der Waals surface area contributed by atoms with Gasteiger partial charge in [0.15, 0.2) is 0 Å². The zero-order valence-electron chi connectivity index (χ0n) is 15.5. The number of hydrogen-bond donors (Lipinski definition) is 0. The Morgan fingerprint density at radius 1 is 1.08 bits per heavy atom.